The molecule has 0 amide bonds. The average Bonchev–Trinajstić information content (AvgIpc) is 2.95. The smallest absolute Gasteiger partial charge is 0.216 e. The topological polar surface area (TPSA) is 55.2 Å². The molecule has 0 aliphatic heterocycles. The fourth-order valence-corrected chi connectivity index (χ4v) is 2.42. The second-order valence-electron chi connectivity index (χ2n) is 4.98. The van der Waals surface area contributed by atoms with Crippen molar-refractivity contribution in [2.75, 3.05) is 0 Å². The number of nitrogens with one attached hydrogen (secondary N) is 1. The fraction of sp³-hybridized carbons (Fsp3) is 0.118. The first-order chi connectivity index (χ1) is 11.7. The zero-order chi connectivity index (χ0) is 16.9. The normalized spacial score (nSPS) is 11.1. The van der Waals surface area contributed by atoms with Crippen molar-refractivity contribution in [2.45, 2.75) is 13.3 Å². The minimum absolute atomic E-state index is 0.469. The van der Waals surface area contributed by atoms with Crippen LogP contribution in [-0.2, 0) is 6.42 Å². The second kappa shape index (κ2) is 7.42. The van der Waals surface area contributed by atoms with Gasteiger partial charge in [0.1, 0.15) is 11.5 Å². The molecule has 1 aromatic heterocycles. The highest BCUT2D eigenvalue weighted by Crippen LogP contribution is 2.23. The summed E-state index contributed by atoms with van der Waals surface area (Å²) in [4.78, 5) is 0. The molecule has 0 spiro atoms. The molecule has 0 saturated heterocycles. The lowest BCUT2D eigenvalue weighted by molar-refractivity contribution is 0.482. The van der Waals surface area contributed by atoms with Gasteiger partial charge in [0.25, 0.3) is 0 Å². The molecule has 0 fully saturated rings. The van der Waals surface area contributed by atoms with Gasteiger partial charge in [0.05, 0.1) is 6.21 Å². The summed E-state index contributed by atoms with van der Waals surface area (Å²) in [5.41, 5.74) is 0.895. The molecule has 3 aromatic rings. The van der Waals surface area contributed by atoms with E-state index in [9.17, 15) is 0 Å². The first kappa shape index (κ1) is 16.4. The van der Waals surface area contributed by atoms with Gasteiger partial charge in [0.15, 0.2) is 5.82 Å². The molecular formula is C17H15ClN4OS. The van der Waals surface area contributed by atoms with Gasteiger partial charge >= 0.3 is 0 Å². The van der Waals surface area contributed by atoms with Gasteiger partial charge in [0.2, 0.25) is 4.77 Å². The van der Waals surface area contributed by atoms with Gasteiger partial charge in [-0.1, -0.05) is 30.7 Å². The molecule has 122 valence electrons. The summed E-state index contributed by atoms with van der Waals surface area (Å²) in [7, 11) is 0. The van der Waals surface area contributed by atoms with Crippen LogP contribution in [0.3, 0.4) is 0 Å². The van der Waals surface area contributed by atoms with Gasteiger partial charge < -0.3 is 4.74 Å². The van der Waals surface area contributed by atoms with Crippen LogP contribution in [0.15, 0.2) is 53.6 Å². The van der Waals surface area contributed by atoms with E-state index in [1.165, 1.54) is 0 Å². The maximum Gasteiger partial charge on any atom is 0.216 e. The number of aryl methyl sites for hydroxylation is 1. The maximum absolute atomic E-state index is 5.88. The van der Waals surface area contributed by atoms with Crippen molar-refractivity contribution in [3.63, 3.8) is 0 Å². The molecular weight excluding hydrogens is 344 g/mol. The number of hydrogen-bond donors (Lipinski definition) is 1. The number of ether oxygens (including phenoxy) is 1. The van der Waals surface area contributed by atoms with E-state index < -0.39 is 0 Å². The van der Waals surface area contributed by atoms with Crippen LogP contribution in [-0.4, -0.2) is 21.1 Å². The Hall–Kier alpha value is -2.44. The van der Waals surface area contributed by atoms with E-state index in [4.69, 9.17) is 28.6 Å². The predicted octanol–water partition coefficient (Wildman–Crippen LogP) is 4.83. The molecule has 0 atom stereocenters. The van der Waals surface area contributed by atoms with Crippen LogP contribution in [0.1, 0.15) is 18.3 Å². The summed E-state index contributed by atoms with van der Waals surface area (Å²) < 4.78 is 7.90. The number of hydrogen-bond acceptors (Lipinski definition) is 4. The number of nitrogens with zero attached hydrogens (tertiary/aromatic N) is 3. The molecule has 0 aliphatic rings. The zero-order valence-electron chi connectivity index (χ0n) is 12.9. The molecule has 0 saturated carbocycles. The molecule has 3 rings (SSSR count). The van der Waals surface area contributed by atoms with Crippen molar-refractivity contribution in [1.82, 2.24) is 14.9 Å². The largest absolute Gasteiger partial charge is 0.457 e. The molecule has 1 heterocycles. The molecule has 0 aliphatic carbocycles. The van der Waals surface area contributed by atoms with Crippen LogP contribution in [0, 0.1) is 4.77 Å². The third-order valence-corrected chi connectivity index (χ3v) is 3.78. The Morgan fingerprint density at radius 3 is 2.79 bits per heavy atom. The van der Waals surface area contributed by atoms with Crippen LogP contribution >= 0.6 is 23.8 Å². The summed E-state index contributed by atoms with van der Waals surface area (Å²) in [6.45, 7) is 2.00. The maximum atomic E-state index is 5.88. The average molecular weight is 359 g/mol. The summed E-state index contributed by atoms with van der Waals surface area (Å²) in [6.07, 6.45) is 2.46. The van der Waals surface area contributed by atoms with Crippen molar-refractivity contribution in [1.29, 1.82) is 0 Å². The molecule has 0 unspecified atom stereocenters. The SMILES string of the molecule is CCc1n[nH]c(=S)n1/N=C\c1cccc(Oc2ccc(Cl)cc2)c1. The van der Waals surface area contributed by atoms with E-state index in [1.54, 1.807) is 23.0 Å². The number of benzene rings is 2. The quantitative estimate of drug-likeness (QED) is 0.525. The van der Waals surface area contributed by atoms with E-state index in [0.717, 1.165) is 23.6 Å². The van der Waals surface area contributed by atoms with Crippen LogP contribution in [0.2, 0.25) is 5.02 Å². The molecule has 1 N–H and O–H groups in total. The Labute approximate surface area is 149 Å². The molecule has 5 nitrogen and oxygen atoms in total. The monoisotopic (exact) mass is 358 g/mol. The molecule has 7 heteroatoms. The zero-order valence-corrected chi connectivity index (χ0v) is 14.5. The Morgan fingerprint density at radius 1 is 1.25 bits per heavy atom. The summed E-state index contributed by atoms with van der Waals surface area (Å²) in [6, 6.07) is 14.8. The van der Waals surface area contributed by atoms with E-state index >= 15 is 0 Å². The van der Waals surface area contributed by atoms with Crippen LogP contribution < -0.4 is 4.74 Å². The highest BCUT2D eigenvalue weighted by atomic mass is 35.5. The van der Waals surface area contributed by atoms with Gasteiger partial charge in [-0.15, -0.1) is 0 Å². The standard InChI is InChI=1S/C17H15ClN4OS/c1-2-16-20-21-17(24)22(16)19-11-12-4-3-5-15(10-12)23-14-8-6-13(18)7-9-14/h3-11H,2H2,1H3,(H,21,24)/b19-11-. The highest BCUT2D eigenvalue weighted by Gasteiger charge is 2.02. The molecule has 24 heavy (non-hydrogen) atoms. The van der Waals surface area contributed by atoms with E-state index in [0.29, 0.717) is 15.5 Å². The lowest BCUT2D eigenvalue weighted by Crippen LogP contribution is -1.97. The number of aromatic nitrogens is 3. The number of aromatic amines is 1. The van der Waals surface area contributed by atoms with Gasteiger partial charge in [0, 0.05) is 11.4 Å². The van der Waals surface area contributed by atoms with Gasteiger partial charge in [-0.3, -0.25) is 5.10 Å². The van der Waals surface area contributed by atoms with E-state index in [1.807, 2.05) is 43.3 Å². The molecule has 0 radical (unpaired) electrons. The summed E-state index contributed by atoms with van der Waals surface area (Å²) in [5, 5.41) is 11.9. The van der Waals surface area contributed by atoms with Crippen LogP contribution in [0.5, 0.6) is 11.5 Å². The van der Waals surface area contributed by atoms with Crippen molar-refractivity contribution >= 4 is 30.0 Å². The van der Waals surface area contributed by atoms with Gasteiger partial charge in [-0.05, 0) is 54.2 Å². The second-order valence-corrected chi connectivity index (χ2v) is 5.81. The van der Waals surface area contributed by atoms with Gasteiger partial charge in [-0.25, -0.2) is 0 Å². The third-order valence-electron chi connectivity index (χ3n) is 3.26. The number of halogens is 1. The fourth-order valence-electron chi connectivity index (χ4n) is 2.09. The lowest BCUT2D eigenvalue weighted by atomic mass is 10.2. The Bertz CT molecular complexity index is 915. The summed E-state index contributed by atoms with van der Waals surface area (Å²) >= 11 is 11.0. The first-order valence-corrected chi connectivity index (χ1v) is 8.18. The van der Waals surface area contributed by atoms with Crippen molar-refractivity contribution in [2.24, 2.45) is 5.10 Å². The Kier molecular flexibility index (Phi) is 5.08. The minimum atomic E-state index is 0.469. The highest BCUT2D eigenvalue weighted by molar-refractivity contribution is 7.71. The van der Waals surface area contributed by atoms with Crippen molar-refractivity contribution < 1.29 is 4.74 Å². The van der Waals surface area contributed by atoms with Crippen LogP contribution in [0.4, 0.5) is 0 Å². The molecule has 2 aromatic carbocycles. The Balaban J connectivity index is 1.80. The van der Waals surface area contributed by atoms with Crippen LogP contribution in [0.25, 0.3) is 0 Å². The van der Waals surface area contributed by atoms with Crippen molar-refractivity contribution in [3.8, 4) is 11.5 Å². The van der Waals surface area contributed by atoms with E-state index in [2.05, 4.69) is 15.3 Å². The first-order valence-electron chi connectivity index (χ1n) is 7.40. The number of rotatable bonds is 5. The van der Waals surface area contributed by atoms with Gasteiger partial charge in [-0.2, -0.15) is 14.9 Å². The number of H-pyrrole nitrogens is 1. The lowest BCUT2D eigenvalue weighted by Gasteiger charge is -2.06. The summed E-state index contributed by atoms with van der Waals surface area (Å²) in [5.74, 6) is 2.22. The predicted molar refractivity (Wildman–Crippen MR) is 97.7 cm³/mol. The molecule has 0 bridgehead atoms. The minimum Gasteiger partial charge on any atom is -0.457 e. The Morgan fingerprint density at radius 2 is 2.04 bits per heavy atom. The van der Waals surface area contributed by atoms with E-state index in [-0.39, 0.29) is 0 Å². The third kappa shape index (κ3) is 3.90. The van der Waals surface area contributed by atoms with Crippen molar-refractivity contribution in [3.05, 3.63) is 69.7 Å².